The average molecular weight is 327 g/mol. The zero-order valence-corrected chi connectivity index (χ0v) is 14.3. The lowest BCUT2D eigenvalue weighted by atomic mass is 10.0. The average Bonchev–Trinajstić information content (AvgIpc) is 2.81. The van der Waals surface area contributed by atoms with Gasteiger partial charge in [0.2, 0.25) is 0 Å². The van der Waals surface area contributed by atoms with Crippen LogP contribution in [0.3, 0.4) is 0 Å². The summed E-state index contributed by atoms with van der Waals surface area (Å²) in [5, 5.41) is 0.457. The molecule has 5 heteroatoms. The molecule has 1 saturated heterocycles. The van der Waals surface area contributed by atoms with Gasteiger partial charge in [0.05, 0.1) is 11.9 Å². The molecule has 1 aromatic heterocycles. The molecule has 4 nitrogen and oxygen atoms in total. The number of hydrogen-bond donors (Lipinski definition) is 0. The van der Waals surface area contributed by atoms with E-state index in [1.165, 1.54) is 11.1 Å². The van der Waals surface area contributed by atoms with Gasteiger partial charge in [0.1, 0.15) is 5.69 Å². The van der Waals surface area contributed by atoms with E-state index in [0.717, 1.165) is 31.0 Å². The van der Waals surface area contributed by atoms with E-state index in [1.807, 2.05) is 23.6 Å². The highest BCUT2D eigenvalue weighted by Crippen LogP contribution is 2.36. The van der Waals surface area contributed by atoms with Crippen molar-refractivity contribution in [1.82, 2.24) is 14.9 Å². The van der Waals surface area contributed by atoms with Crippen molar-refractivity contribution in [3.8, 4) is 0 Å². The standard InChI is InChI=1S/C18H21N3OS/c1-13-5-3-4-6-15(13)17-7-8-21(9-10-23-17)18(22)16-12-19-14(2)11-20-16/h3-6,11-12,17H,7-10H2,1-2H3. The SMILES string of the molecule is Cc1cnc(C(=O)N2CCSC(c3ccccc3C)CC2)cn1. The van der Waals surface area contributed by atoms with Gasteiger partial charge in [-0.25, -0.2) is 4.98 Å². The summed E-state index contributed by atoms with van der Waals surface area (Å²) in [6.45, 7) is 5.56. The smallest absolute Gasteiger partial charge is 0.274 e. The van der Waals surface area contributed by atoms with E-state index in [0.29, 0.717) is 10.9 Å². The summed E-state index contributed by atoms with van der Waals surface area (Å²) in [4.78, 5) is 22.9. The van der Waals surface area contributed by atoms with Crippen LogP contribution in [-0.4, -0.2) is 39.6 Å². The first-order valence-electron chi connectivity index (χ1n) is 7.90. The molecule has 2 heterocycles. The third kappa shape index (κ3) is 3.72. The number of amides is 1. The highest BCUT2D eigenvalue weighted by atomic mass is 32.2. The molecule has 1 amide bonds. The van der Waals surface area contributed by atoms with Crippen LogP contribution in [0.5, 0.6) is 0 Å². The minimum atomic E-state index is -0.0106. The predicted molar refractivity (Wildman–Crippen MR) is 93.7 cm³/mol. The van der Waals surface area contributed by atoms with Gasteiger partial charge >= 0.3 is 0 Å². The number of carbonyl (C=O) groups excluding carboxylic acids is 1. The number of benzene rings is 1. The number of aryl methyl sites for hydroxylation is 2. The molecule has 0 radical (unpaired) electrons. The van der Waals surface area contributed by atoms with Crippen LogP contribution in [0, 0.1) is 13.8 Å². The largest absolute Gasteiger partial charge is 0.336 e. The van der Waals surface area contributed by atoms with Gasteiger partial charge in [0.25, 0.3) is 5.91 Å². The molecule has 1 aliphatic rings. The molecule has 0 bridgehead atoms. The van der Waals surface area contributed by atoms with Crippen LogP contribution in [0.15, 0.2) is 36.7 Å². The minimum Gasteiger partial charge on any atom is -0.336 e. The van der Waals surface area contributed by atoms with Gasteiger partial charge in [0.15, 0.2) is 0 Å². The highest BCUT2D eigenvalue weighted by Gasteiger charge is 2.24. The summed E-state index contributed by atoms with van der Waals surface area (Å²) in [6.07, 6.45) is 4.20. The van der Waals surface area contributed by atoms with Crippen LogP contribution in [-0.2, 0) is 0 Å². The molecular formula is C18H21N3OS. The first-order chi connectivity index (χ1) is 11.1. The Morgan fingerprint density at radius 1 is 1.17 bits per heavy atom. The third-order valence-corrected chi connectivity index (χ3v) is 5.47. The first-order valence-corrected chi connectivity index (χ1v) is 8.95. The maximum Gasteiger partial charge on any atom is 0.274 e. The Balaban J connectivity index is 1.70. The summed E-state index contributed by atoms with van der Waals surface area (Å²) in [5.41, 5.74) is 3.98. The molecule has 120 valence electrons. The summed E-state index contributed by atoms with van der Waals surface area (Å²) in [5.74, 6) is 0.938. The molecule has 1 fully saturated rings. The topological polar surface area (TPSA) is 46.1 Å². The Kier molecular flexibility index (Phi) is 4.96. The zero-order chi connectivity index (χ0) is 16.2. The van der Waals surface area contributed by atoms with Crippen molar-refractivity contribution in [1.29, 1.82) is 0 Å². The van der Waals surface area contributed by atoms with Crippen LogP contribution >= 0.6 is 11.8 Å². The molecule has 0 spiro atoms. The quantitative estimate of drug-likeness (QED) is 0.848. The molecule has 1 aliphatic heterocycles. The van der Waals surface area contributed by atoms with Crippen molar-refractivity contribution < 1.29 is 4.79 Å². The lowest BCUT2D eigenvalue weighted by molar-refractivity contribution is 0.0760. The Morgan fingerprint density at radius 3 is 2.74 bits per heavy atom. The Labute approximate surface area is 141 Å². The van der Waals surface area contributed by atoms with E-state index in [-0.39, 0.29) is 5.91 Å². The number of aromatic nitrogens is 2. The highest BCUT2D eigenvalue weighted by molar-refractivity contribution is 7.99. The molecule has 0 saturated carbocycles. The van der Waals surface area contributed by atoms with Crippen molar-refractivity contribution in [3.05, 3.63) is 59.2 Å². The molecule has 0 aliphatic carbocycles. The minimum absolute atomic E-state index is 0.0106. The fraction of sp³-hybridized carbons (Fsp3) is 0.389. The summed E-state index contributed by atoms with van der Waals surface area (Å²) < 4.78 is 0. The molecule has 23 heavy (non-hydrogen) atoms. The number of rotatable bonds is 2. The van der Waals surface area contributed by atoms with Crippen LogP contribution in [0.1, 0.15) is 39.0 Å². The second-order valence-electron chi connectivity index (χ2n) is 5.84. The molecular weight excluding hydrogens is 306 g/mol. The molecule has 1 unspecified atom stereocenters. The van der Waals surface area contributed by atoms with Crippen molar-refractivity contribution >= 4 is 17.7 Å². The lowest BCUT2D eigenvalue weighted by Crippen LogP contribution is -2.33. The van der Waals surface area contributed by atoms with Crippen LogP contribution in [0.2, 0.25) is 0 Å². The van der Waals surface area contributed by atoms with Crippen molar-refractivity contribution in [2.45, 2.75) is 25.5 Å². The zero-order valence-electron chi connectivity index (χ0n) is 13.5. The first kappa shape index (κ1) is 16.0. The van der Waals surface area contributed by atoms with E-state index in [4.69, 9.17) is 0 Å². The van der Waals surface area contributed by atoms with Crippen LogP contribution < -0.4 is 0 Å². The third-order valence-electron chi connectivity index (χ3n) is 4.16. The predicted octanol–water partition coefficient (Wildman–Crippen LogP) is 3.41. The fourth-order valence-electron chi connectivity index (χ4n) is 2.83. The van der Waals surface area contributed by atoms with Gasteiger partial charge in [-0.1, -0.05) is 24.3 Å². The summed E-state index contributed by atoms with van der Waals surface area (Å²) in [6, 6.07) is 8.53. The van der Waals surface area contributed by atoms with Crippen molar-refractivity contribution in [3.63, 3.8) is 0 Å². The second-order valence-corrected chi connectivity index (χ2v) is 7.15. The van der Waals surface area contributed by atoms with Gasteiger partial charge in [-0.05, 0) is 31.4 Å². The Hall–Kier alpha value is -1.88. The van der Waals surface area contributed by atoms with E-state index >= 15 is 0 Å². The molecule has 3 rings (SSSR count). The Bertz CT molecular complexity index is 687. The van der Waals surface area contributed by atoms with Crippen molar-refractivity contribution in [2.24, 2.45) is 0 Å². The molecule has 0 N–H and O–H groups in total. The molecule has 2 aromatic rings. The fourth-order valence-corrected chi connectivity index (χ4v) is 4.16. The van der Waals surface area contributed by atoms with Crippen LogP contribution in [0.25, 0.3) is 0 Å². The van der Waals surface area contributed by atoms with Gasteiger partial charge in [-0.15, -0.1) is 0 Å². The van der Waals surface area contributed by atoms with Crippen molar-refractivity contribution in [2.75, 3.05) is 18.8 Å². The Morgan fingerprint density at radius 2 is 2.00 bits per heavy atom. The monoisotopic (exact) mass is 327 g/mol. The number of hydrogen-bond acceptors (Lipinski definition) is 4. The number of thioether (sulfide) groups is 1. The number of carbonyl (C=O) groups is 1. The maximum absolute atomic E-state index is 12.6. The molecule has 1 aromatic carbocycles. The van der Waals surface area contributed by atoms with E-state index in [1.54, 1.807) is 12.4 Å². The number of nitrogens with zero attached hydrogens (tertiary/aromatic N) is 3. The van der Waals surface area contributed by atoms with Gasteiger partial charge in [-0.3, -0.25) is 9.78 Å². The van der Waals surface area contributed by atoms with E-state index < -0.39 is 0 Å². The van der Waals surface area contributed by atoms with Crippen LogP contribution in [0.4, 0.5) is 0 Å². The maximum atomic E-state index is 12.6. The lowest BCUT2D eigenvalue weighted by Gasteiger charge is -2.20. The molecule has 1 atom stereocenters. The van der Waals surface area contributed by atoms with Gasteiger partial charge < -0.3 is 4.90 Å². The summed E-state index contributed by atoms with van der Waals surface area (Å²) >= 11 is 1.94. The van der Waals surface area contributed by atoms with E-state index in [2.05, 4.69) is 41.2 Å². The van der Waals surface area contributed by atoms with Gasteiger partial charge in [-0.2, -0.15) is 11.8 Å². The second kappa shape index (κ2) is 7.13. The van der Waals surface area contributed by atoms with E-state index in [9.17, 15) is 4.79 Å². The summed E-state index contributed by atoms with van der Waals surface area (Å²) in [7, 11) is 0. The van der Waals surface area contributed by atoms with Gasteiger partial charge in [0, 0.05) is 30.3 Å². The normalized spacial score (nSPS) is 18.5.